The van der Waals surface area contributed by atoms with Gasteiger partial charge in [0.1, 0.15) is 5.75 Å². The van der Waals surface area contributed by atoms with Crippen LogP contribution in [0.3, 0.4) is 0 Å². The van der Waals surface area contributed by atoms with Gasteiger partial charge in [0.25, 0.3) is 0 Å². The third kappa shape index (κ3) is 3.49. The van der Waals surface area contributed by atoms with E-state index < -0.39 is 6.10 Å². The molecule has 1 atom stereocenters. The number of carbonyl (C=O) groups excluding carboxylic acids is 1. The summed E-state index contributed by atoms with van der Waals surface area (Å²) in [6.07, 6.45) is 4.91. The van der Waals surface area contributed by atoms with E-state index in [1.165, 1.54) is 24.0 Å². The average molecular weight is 262 g/mol. The zero-order valence-corrected chi connectivity index (χ0v) is 11.8. The van der Waals surface area contributed by atoms with E-state index in [9.17, 15) is 4.79 Å². The Labute approximate surface area is 114 Å². The molecule has 104 valence electrons. The normalized spacial score (nSPS) is 15.5. The maximum atomic E-state index is 11.7. The molecule has 0 fully saturated rings. The summed E-state index contributed by atoms with van der Waals surface area (Å²) in [4.78, 5) is 11.7. The van der Waals surface area contributed by atoms with Gasteiger partial charge < -0.3 is 9.47 Å². The van der Waals surface area contributed by atoms with E-state index in [0.717, 1.165) is 18.6 Å². The molecule has 0 aliphatic heterocycles. The van der Waals surface area contributed by atoms with Crippen LogP contribution in [-0.4, -0.2) is 18.7 Å². The van der Waals surface area contributed by atoms with Crippen LogP contribution in [0.1, 0.15) is 44.2 Å². The van der Waals surface area contributed by atoms with Crippen molar-refractivity contribution in [2.75, 3.05) is 6.61 Å². The fourth-order valence-electron chi connectivity index (χ4n) is 2.48. The number of rotatable bonds is 5. The quantitative estimate of drug-likeness (QED) is 0.764. The van der Waals surface area contributed by atoms with Crippen LogP contribution in [0.25, 0.3) is 0 Å². The lowest BCUT2D eigenvalue weighted by Crippen LogP contribution is -2.28. The minimum Gasteiger partial charge on any atom is -0.479 e. The Hall–Kier alpha value is -1.51. The second kappa shape index (κ2) is 6.60. The first-order chi connectivity index (χ1) is 9.24. The summed E-state index contributed by atoms with van der Waals surface area (Å²) >= 11 is 0. The van der Waals surface area contributed by atoms with Crippen molar-refractivity contribution in [1.82, 2.24) is 0 Å². The lowest BCUT2D eigenvalue weighted by atomic mass is 9.92. The van der Waals surface area contributed by atoms with Gasteiger partial charge >= 0.3 is 5.97 Å². The van der Waals surface area contributed by atoms with Gasteiger partial charge in [-0.3, -0.25) is 0 Å². The van der Waals surface area contributed by atoms with Crippen molar-refractivity contribution >= 4 is 5.97 Å². The number of benzene rings is 1. The van der Waals surface area contributed by atoms with Gasteiger partial charge in [0, 0.05) is 0 Å². The second-order valence-corrected chi connectivity index (χ2v) is 4.90. The van der Waals surface area contributed by atoms with E-state index in [2.05, 4.69) is 12.1 Å². The Morgan fingerprint density at radius 2 is 1.95 bits per heavy atom. The van der Waals surface area contributed by atoms with Gasteiger partial charge in [0.2, 0.25) is 0 Å². The predicted molar refractivity (Wildman–Crippen MR) is 74.4 cm³/mol. The zero-order valence-electron chi connectivity index (χ0n) is 11.8. The van der Waals surface area contributed by atoms with Crippen LogP contribution >= 0.6 is 0 Å². The summed E-state index contributed by atoms with van der Waals surface area (Å²) in [5, 5.41) is 0. The highest BCUT2D eigenvalue weighted by atomic mass is 16.6. The first-order valence-corrected chi connectivity index (χ1v) is 7.19. The molecule has 1 unspecified atom stereocenters. The topological polar surface area (TPSA) is 35.5 Å². The van der Waals surface area contributed by atoms with E-state index in [1.54, 1.807) is 0 Å². The Balaban J connectivity index is 2.07. The Bertz CT molecular complexity index is 440. The average Bonchev–Trinajstić information content (AvgIpc) is 2.44. The second-order valence-electron chi connectivity index (χ2n) is 4.90. The molecule has 0 spiro atoms. The molecular formula is C16H22O3. The zero-order chi connectivity index (χ0) is 13.7. The van der Waals surface area contributed by atoms with E-state index in [0.29, 0.717) is 13.0 Å². The molecule has 0 saturated heterocycles. The molecule has 0 aromatic heterocycles. The highest BCUT2D eigenvalue weighted by Crippen LogP contribution is 2.26. The number of carbonyl (C=O) groups is 1. The van der Waals surface area contributed by atoms with Crippen LogP contribution in [0.4, 0.5) is 0 Å². The molecule has 3 nitrogen and oxygen atoms in total. The van der Waals surface area contributed by atoms with E-state index in [-0.39, 0.29) is 5.97 Å². The maximum absolute atomic E-state index is 11.7. The number of hydrogen-bond acceptors (Lipinski definition) is 3. The first kappa shape index (κ1) is 13.9. The molecule has 1 aliphatic carbocycles. The monoisotopic (exact) mass is 262 g/mol. The van der Waals surface area contributed by atoms with Gasteiger partial charge in [-0.1, -0.05) is 13.0 Å². The SMILES string of the molecule is CCOC(=O)C(CC)Oc1ccc2c(c1)CCCC2. The third-order valence-electron chi connectivity index (χ3n) is 3.52. The van der Waals surface area contributed by atoms with Crippen molar-refractivity contribution in [3.8, 4) is 5.75 Å². The highest BCUT2D eigenvalue weighted by molar-refractivity contribution is 5.75. The van der Waals surface area contributed by atoms with E-state index in [1.807, 2.05) is 19.9 Å². The molecule has 1 aromatic rings. The lowest BCUT2D eigenvalue weighted by molar-refractivity contribution is -0.151. The largest absolute Gasteiger partial charge is 0.479 e. The van der Waals surface area contributed by atoms with Crippen molar-refractivity contribution in [3.63, 3.8) is 0 Å². The fraction of sp³-hybridized carbons (Fsp3) is 0.562. The van der Waals surface area contributed by atoms with E-state index >= 15 is 0 Å². The van der Waals surface area contributed by atoms with Crippen LogP contribution in [0.15, 0.2) is 18.2 Å². The maximum Gasteiger partial charge on any atom is 0.347 e. The van der Waals surface area contributed by atoms with Gasteiger partial charge in [-0.15, -0.1) is 0 Å². The summed E-state index contributed by atoms with van der Waals surface area (Å²) in [6, 6.07) is 6.17. The fourth-order valence-corrected chi connectivity index (χ4v) is 2.48. The summed E-state index contributed by atoms with van der Waals surface area (Å²) < 4.78 is 10.8. The summed E-state index contributed by atoms with van der Waals surface area (Å²) in [7, 11) is 0. The Morgan fingerprint density at radius 1 is 1.21 bits per heavy atom. The molecule has 3 heteroatoms. The van der Waals surface area contributed by atoms with Gasteiger partial charge in [-0.2, -0.15) is 0 Å². The Kier molecular flexibility index (Phi) is 4.83. The van der Waals surface area contributed by atoms with Crippen LogP contribution in [0.2, 0.25) is 0 Å². The molecule has 0 amide bonds. The summed E-state index contributed by atoms with van der Waals surface area (Å²) in [6.45, 7) is 4.13. The smallest absolute Gasteiger partial charge is 0.347 e. The van der Waals surface area contributed by atoms with Crippen LogP contribution in [0, 0.1) is 0 Å². The molecule has 19 heavy (non-hydrogen) atoms. The summed E-state index contributed by atoms with van der Waals surface area (Å²) in [5.74, 6) is 0.503. The van der Waals surface area contributed by atoms with Crippen LogP contribution in [0.5, 0.6) is 5.75 Å². The van der Waals surface area contributed by atoms with Crippen LogP contribution in [-0.2, 0) is 22.4 Å². The van der Waals surface area contributed by atoms with Crippen molar-refractivity contribution < 1.29 is 14.3 Å². The molecule has 1 aliphatic rings. The van der Waals surface area contributed by atoms with E-state index in [4.69, 9.17) is 9.47 Å². The number of ether oxygens (including phenoxy) is 2. The molecular weight excluding hydrogens is 240 g/mol. The number of esters is 1. The van der Waals surface area contributed by atoms with Gasteiger partial charge in [-0.05, 0) is 62.3 Å². The molecule has 0 saturated carbocycles. The number of aryl methyl sites for hydroxylation is 2. The van der Waals surface area contributed by atoms with Gasteiger partial charge in [-0.25, -0.2) is 4.79 Å². The first-order valence-electron chi connectivity index (χ1n) is 7.19. The van der Waals surface area contributed by atoms with Crippen molar-refractivity contribution in [2.24, 2.45) is 0 Å². The van der Waals surface area contributed by atoms with Crippen molar-refractivity contribution in [1.29, 1.82) is 0 Å². The molecule has 0 heterocycles. The summed E-state index contributed by atoms with van der Waals surface area (Å²) in [5.41, 5.74) is 2.78. The minimum absolute atomic E-state index is 0.275. The number of fused-ring (bicyclic) bond motifs is 1. The Morgan fingerprint density at radius 3 is 2.63 bits per heavy atom. The highest BCUT2D eigenvalue weighted by Gasteiger charge is 2.20. The molecule has 0 N–H and O–H groups in total. The lowest BCUT2D eigenvalue weighted by Gasteiger charge is -2.19. The molecule has 1 aromatic carbocycles. The van der Waals surface area contributed by atoms with Crippen LogP contribution < -0.4 is 4.74 Å². The van der Waals surface area contributed by atoms with Gasteiger partial charge in [0.05, 0.1) is 6.61 Å². The minimum atomic E-state index is -0.499. The molecule has 2 rings (SSSR count). The number of hydrogen-bond donors (Lipinski definition) is 0. The van der Waals surface area contributed by atoms with Crippen molar-refractivity contribution in [3.05, 3.63) is 29.3 Å². The van der Waals surface area contributed by atoms with Gasteiger partial charge in [0.15, 0.2) is 6.10 Å². The third-order valence-corrected chi connectivity index (χ3v) is 3.52. The molecule has 0 radical (unpaired) electrons. The predicted octanol–water partition coefficient (Wildman–Crippen LogP) is 3.29. The molecule has 0 bridgehead atoms. The van der Waals surface area contributed by atoms with Crippen molar-refractivity contribution in [2.45, 2.75) is 52.1 Å². The standard InChI is InChI=1S/C16H22O3/c1-3-15(16(17)18-4-2)19-14-10-9-12-7-5-6-8-13(12)11-14/h9-11,15H,3-8H2,1-2H3.